The predicted octanol–water partition coefficient (Wildman–Crippen LogP) is 0.905. The molecule has 0 bridgehead atoms. The largest absolute Gasteiger partial charge is 0.492 e. The molecule has 1 aliphatic heterocycles. The van der Waals surface area contributed by atoms with Gasteiger partial charge in [0.25, 0.3) is 0 Å². The first kappa shape index (κ1) is 15.3. The molecule has 1 aromatic carbocycles. The molecule has 2 rings (SSSR count). The Labute approximate surface area is 120 Å². The number of nitrogens with zero attached hydrogens (tertiary/aromatic N) is 1. The third-order valence-electron chi connectivity index (χ3n) is 3.24. The van der Waals surface area contributed by atoms with Crippen LogP contribution >= 0.6 is 0 Å². The highest BCUT2D eigenvalue weighted by Gasteiger charge is 2.17. The van der Waals surface area contributed by atoms with Crippen LogP contribution in [0.4, 0.5) is 0 Å². The number of hydrogen-bond acceptors (Lipinski definition) is 5. The van der Waals surface area contributed by atoms with Gasteiger partial charge in [-0.25, -0.2) is 0 Å². The van der Waals surface area contributed by atoms with E-state index in [0.29, 0.717) is 33.0 Å². The number of benzene rings is 1. The summed E-state index contributed by atoms with van der Waals surface area (Å²) in [4.78, 5) is 2.19. The molecule has 0 radical (unpaired) electrons. The Morgan fingerprint density at radius 3 is 3.05 bits per heavy atom. The minimum atomic E-state index is -0.489. The van der Waals surface area contributed by atoms with Gasteiger partial charge in [-0.05, 0) is 6.07 Å². The first-order valence-corrected chi connectivity index (χ1v) is 6.97. The summed E-state index contributed by atoms with van der Waals surface area (Å²) < 4.78 is 15.9. The molecule has 112 valence electrons. The second-order valence-corrected chi connectivity index (χ2v) is 4.91. The van der Waals surface area contributed by atoms with Gasteiger partial charge in [0, 0.05) is 32.3 Å². The van der Waals surface area contributed by atoms with Crippen molar-refractivity contribution < 1.29 is 19.3 Å². The fourth-order valence-electron chi connectivity index (χ4n) is 2.25. The molecule has 0 spiro atoms. The molecule has 0 aromatic heterocycles. The number of aliphatic hydroxyl groups excluding tert-OH is 1. The second-order valence-electron chi connectivity index (χ2n) is 4.91. The summed E-state index contributed by atoms with van der Waals surface area (Å²) in [6.07, 6.45) is -0.489. The second kappa shape index (κ2) is 8.21. The molecule has 1 aromatic rings. The summed E-state index contributed by atoms with van der Waals surface area (Å²) >= 11 is 0. The highest BCUT2D eigenvalue weighted by atomic mass is 16.5. The van der Waals surface area contributed by atoms with Crippen LogP contribution in [-0.4, -0.2) is 62.7 Å². The van der Waals surface area contributed by atoms with Crippen molar-refractivity contribution in [1.29, 1.82) is 0 Å². The highest BCUT2D eigenvalue weighted by Crippen LogP contribution is 2.22. The van der Waals surface area contributed by atoms with Gasteiger partial charge in [0.1, 0.15) is 12.4 Å². The Balaban J connectivity index is 1.78. The lowest BCUT2D eigenvalue weighted by Gasteiger charge is -2.22. The van der Waals surface area contributed by atoms with Gasteiger partial charge >= 0.3 is 0 Å². The van der Waals surface area contributed by atoms with Crippen molar-refractivity contribution in [3.05, 3.63) is 29.8 Å². The van der Waals surface area contributed by atoms with E-state index in [2.05, 4.69) is 11.0 Å². The monoisotopic (exact) mass is 281 g/mol. The van der Waals surface area contributed by atoms with Gasteiger partial charge in [-0.1, -0.05) is 18.2 Å². The number of aliphatic hydroxyl groups is 1. The van der Waals surface area contributed by atoms with Crippen LogP contribution < -0.4 is 4.74 Å². The molecule has 0 amide bonds. The maximum Gasteiger partial charge on any atom is 0.123 e. The van der Waals surface area contributed by atoms with Crippen molar-refractivity contribution in [2.24, 2.45) is 0 Å². The van der Waals surface area contributed by atoms with E-state index in [1.54, 1.807) is 7.11 Å². The summed E-state index contributed by atoms with van der Waals surface area (Å²) in [7, 11) is 1.63. The molecule has 1 aliphatic rings. The van der Waals surface area contributed by atoms with E-state index in [9.17, 15) is 5.11 Å². The number of methoxy groups -OCH3 is 1. The maximum absolute atomic E-state index is 9.99. The average molecular weight is 281 g/mol. The number of hydrogen-bond donors (Lipinski definition) is 1. The fourth-order valence-corrected chi connectivity index (χ4v) is 2.25. The molecule has 5 nitrogen and oxygen atoms in total. The molecule has 0 fully saturated rings. The van der Waals surface area contributed by atoms with E-state index in [-0.39, 0.29) is 0 Å². The van der Waals surface area contributed by atoms with Gasteiger partial charge in [0.15, 0.2) is 0 Å². The summed E-state index contributed by atoms with van der Waals surface area (Å²) in [6.45, 7) is 4.24. The van der Waals surface area contributed by atoms with Crippen LogP contribution in [0.1, 0.15) is 5.56 Å². The molecule has 1 atom stereocenters. The minimum absolute atomic E-state index is 0.336. The predicted molar refractivity (Wildman–Crippen MR) is 75.9 cm³/mol. The van der Waals surface area contributed by atoms with Crippen LogP contribution in [0.25, 0.3) is 0 Å². The first-order chi connectivity index (χ1) is 9.79. The van der Waals surface area contributed by atoms with E-state index in [4.69, 9.17) is 14.2 Å². The molecular formula is C15H23NO4. The Kier molecular flexibility index (Phi) is 6.26. The van der Waals surface area contributed by atoms with Gasteiger partial charge in [-0.2, -0.15) is 0 Å². The van der Waals surface area contributed by atoms with Crippen molar-refractivity contribution >= 4 is 0 Å². The van der Waals surface area contributed by atoms with Crippen molar-refractivity contribution in [3.8, 4) is 5.75 Å². The van der Waals surface area contributed by atoms with Crippen LogP contribution in [0.3, 0.4) is 0 Å². The molecule has 1 heterocycles. The Bertz CT molecular complexity index is 399. The van der Waals surface area contributed by atoms with Gasteiger partial charge in [0.2, 0.25) is 0 Å². The SMILES string of the molecule is COCCOCC(O)CN1CCOc2ccccc2C1. The minimum Gasteiger partial charge on any atom is -0.492 e. The van der Waals surface area contributed by atoms with Crippen LogP contribution in [0.15, 0.2) is 24.3 Å². The molecular weight excluding hydrogens is 258 g/mol. The maximum atomic E-state index is 9.99. The zero-order valence-corrected chi connectivity index (χ0v) is 12.0. The molecule has 1 N–H and O–H groups in total. The van der Waals surface area contributed by atoms with E-state index in [1.165, 1.54) is 0 Å². The average Bonchev–Trinajstić information content (AvgIpc) is 2.65. The van der Waals surface area contributed by atoms with Gasteiger partial charge in [0.05, 0.1) is 25.9 Å². The molecule has 0 saturated heterocycles. The quantitative estimate of drug-likeness (QED) is 0.753. The first-order valence-electron chi connectivity index (χ1n) is 6.97. The van der Waals surface area contributed by atoms with Crippen LogP contribution in [0.5, 0.6) is 5.75 Å². The normalized spacial score (nSPS) is 17.1. The molecule has 1 unspecified atom stereocenters. The van der Waals surface area contributed by atoms with Crippen LogP contribution in [-0.2, 0) is 16.0 Å². The van der Waals surface area contributed by atoms with Crippen molar-refractivity contribution in [2.75, 3.05) is 46.6 Å². The zero-order chi connectivity index (χ0) is 14.2. The third-order valence-corrected chi connectivity index (χ3v) is 3.24. The van der Waals surface area contributed by atoms with Gasteiger partial charge in [-0.3, -0.25) is 4.90 Å². The smallest absolute Gasteiger partial charge is 0.123 e. The van der Waals surface area contributed by atoms with Crippen molar-refractivity contribution in [3.63, 3.8) is 0 Å². The Morgan fingerprint density at radius 2 is 2.20 bits per heavy atom. The zero-order valence-electron chi connectivity index (χ0n) is 12.0. The molecule has 0 aliphatic carbocycles. The van der Waals surface area contributed by atoms with Crippen molar-refractivity contribution in [2.45, 2.75) is 12.6 Å². The van der Waals surface area contributed by atoms with E-state index in [1.807, 2.05) is 18.2 Å². The molecule has 5 heteroatoms. The molecule has 0 saturated carbocycles. The number of β-amino-alcohol motifs (C(OH)–C–C–N with tert-alkyl or cyclic N) is 1. The van der Waals surface area contributed by atoms with Crippen LogP contribution in [0, 0.1) is 0 Å². The molecule has 20 heavy (non-hydrogen) atoms. The summed E-state index contributed by atoms with van der Waals surface area (Å²) in [5, 5.41) is 9.99. The number of rotatable bonds is 7. The summed E-state index contributed by atoms with van der Waals surface area (Å²) in [6, 6.07) is 8.04. The number of para-hydroxylation sites is 1. The Morgan fingerprint density at radius 1 is 1.35 bits per heavy atom. The van der Waals surface area contributed by atoms with E-state index in [0.717, 1.165) is 24.4 Å². The van der Waals surface area contributed by atoms with E-state index < -0.39 is 6.10 Å². The van der Waals surface area contributed by atoms with Gasteiger partial charge in [-0.15, -0.1) is 0 Å². The third kappa shape index (κ3) is 4.76. The highest BCUT2D eigenvalue weighted by molar-refractivity contribution is 5.33. The lowest BCUT2D eigenvalue weighted by Crippen LogP contribution is -2.36. The Hall–Kier alpha value is -1.14. The lowest BCUT2D eigenvalue weighted by atomic mass is 10.2. The van der Waals surface area contributed by atoms with Gasteiger partial charge < -0.3 is 19.3 Å². The number of fused-ring (bicyclic) bond motifs is 1. The van der Waals surface area contributed by atoms with Crippen molar-refractivity contribution in [1.82, 2.24) is 4.90 Å². The number of ether oxygens (including phenoxy) is 3. The lowest BCUT2D eigenvalue weighted by molar-refractivity contribution is -0.00195. The standard InChI is InChI=1S/C15H23NO4/c1-18-8-9-19-12-14(17)11-16-6-7-20-15-5-3-2-4-13(15)10-16/h2-5,14,17H,6-12H2,1H3. The summed E-state index contributed by atoms with van der Waals surface area (Å²) in [5.41, 5.74) is 1.16. The van der Waals surface area contributed by atoms with E-state index >= 15 is 0 Å². The topological polar surface area (TPSA) is 51.2 Å². The van der Waals surface area contributed by atoms with Crippen LogP contribution in [0.2, 0.25) is 0 Å². The summed E-state index contributed by atoms with van der Waals surface area (Å²) in [5.74, 6) is 0.945. The fraction of sp³-hybridized carbons (Fsp3) is 0.600.